The first-order chi connectivity index (χ1) is 14.6. The van der Waals surface area contributed by atoms with E-state index in [0.29, 0.717) is 22.2 Å². The highest BCUT2D eigenvalue weighted by Gasteiger charge is 2.04. The van der Waals surface area contributed by atoms with Crippen LogP contribution in [-0.2, 0) is 4.79 Å². The standard InChI is InChI=1S/C23H21ClN2O4/c1-28-19-10-5-17(6-11-19)26-23(27)15-30-20-8-3-16(4-9-20)14-25-18-7-12-22(29-2)21(24)13-18/h3-14H,15H2,1-2H3,(H,26,27). The lowest BCUT2D eigenvalue weighted by molar-refractivity contribution is -0.118. The van der Waals surface area contributed by atoms with Crippen LogP contribution in [0.5, 0.6) is 17.2 Å². The molecule has 30 heavy (non-hydrogen) atoms. The lowest BCUT2D eigenvalue weighted by atomic mass is 10.2. The Labute approximate surface area is 180 Å². The number of benzene rings is 3. The van der Waals surface area contributed by atoms with Gasteiger partial charge in [-0.2, -0.15) is 0 Å². The molecule has 0 radical (unpaired) electrons. The van der Waals surface area contributed by atoms with Crippen LogP contribution in [-0.4, -0.2) is 32.9 Å². The molecule has 154 valence electrons. The number of ether oxygens (including phenoxy) is 3. The second kappa shape index (κ2) is 10.3. The van der Waals surface area contributed by atoms with Crippen molar-refractivity contribution in [3.63, 3.8) is 0 Å². The number of hydrogen-bond acceptors (Lipinski definition) is 5. The average molecular weight is 425 g/mol. The fourth-order valence-electron chi connectivity index (χ4n) is 2.56. The molecule has 0 atom stereocenters. The van der Waals surface area contributed by atoms with E-state index in [1.807, 2.05) is 18.2 Å². The number of carbonyl (C=O) groups is 1. The minimum atomic E-state index is -0.248. The molecule has 6 nitrogen and oxygen atoms in total. The fraction of sp³-hybridized carbons (Fsp3) is 0.130. The zero-order valence-electron chi connectivity index (χ0n) is 16.6. The molecule has 0 aromatic heterocycles. The van der Waals surface area contributed by atoms with E-state index in [0.717, 1.165) is 17.0 Å². The number of nitrogens with one attached hydrogen (secondary N) is 1. The van der Waals surface area contributed by atoms with Gasteiger partial charge in [0.2, 0.25) is 0 Å². The molecule has 0 unspecified atom stereocenters. The largest absolute Gasteiger partial charge is 0.497 e. The van der Waals surface area contributed by atoms with Crippen LogP contribution in [0.3, 0.4) is 0 Å². The molecular formula is C23H21ClN2O4. The van der Waals surface area contributed by atoms with E-state index in [2.05, 4.69) is 10.3 Å². The summed E-state index contributed by atoms with van der Waals surface area (Å²) in [4.78, 5) is 16.4. The van der Waals surface area contributed by atoms with Crippen LogP contribution in [0.4, 0.5) is 11.4 Å². The van der Waals surface area contributed by atoms with Gasteiger partial charge in [-0.25, -0.2) is 0 Å². The zero-order valence-corrected chi connectivity index (χ0v) is 17.3. The smallest absolute Gasteiger partial charge is 0.262 e. The van der Waals surface area contributed by atoms with E-state index in [9.17, 15) is 4.79 Å². The average Bonchev–Trinajstić information content (AvgIpc) is 2.77. The van der Waals surface area contributed by atoms with Crippen molar-refractivity contribution in [3.05, 3.63) is 77.3 Å². The Morgan fingerprint density at radius 3 is 2.30 bits per heavy atom. The van der Waals surface area contributed by atoms with Gasteiger partial charge in [0.05, 0.1) is 24.9 Å². The maximum atomic E-state index is 12.0. The highest BCUT2D eigenvalue weighted by Crippen LogP contribution is 2.28. The molecule has 3 rings (SSSR count). The molecule has 7 heteroatoms. The summed E-state index contributed by atoms with van der Waals surface area (Å²) >= 11 is 6.10. The Balaban J connectivity index is 1.51. The molecule has 3 aromatic carbocycles. The molecule has 3 aromatic rings. The van der Waals surface area contributed by atoms with Crippen LogP contribution < -0.4 is 19.5 Å². The summed E-state index contributed by atoms with van der Waals surface area (Å²) in [5, 5.41) is 3.27. The van der Waals surface area contributed by atoms with Crippen LogP contribution in [0.15, 0.2) is 71.7 Å². The molecule has 0 heterocycles. The number of carbonyl (C=O) groups excluding carboxylic acids is 1. The number of hydrogen-bond donors (Lipinski definition) is 1. The Hall–Kier alpha value is -3.51. The maximum absolute atomic E-state index is 12.0. The van der Waals surface area contributed by atoms with E-state index in [1.54, 1.807) is 69.0 Å². The minimum Gasteiger partial charge on any atom is -0.497 e. The van der Waals surface area contributed by atoms with Crippen molar-refractivity contribution in [1.29, 1.82) is 0 Å². The summed E-state index contributed by atoms with van der Waals surface area (Å²) in [5.74, 6) is 1.67. The van der Waals surface area contributed by atoms with Crippen molar-refractivity contribution in [3.8, 4) is 17.2 Å². The van der Waals surface area contributed by atoms with Gasteiger partial charge in [0.25, 0.3) is 5.91 Å². The van der Waals surface area contributed by atoms with Crippen LogP contribution in [0.25, 0.3) is 0 Å². The number of aliphatic imine (C=N–C) groups is 1. The summed E-state index contributed by atoms with van der Waals surface area (Å²) in [6.45, 7) is -0.0934. The summed E-state index contributed by atoms with van der Waals surface area (Å²) in [7, 11) is 3.16. The molecule has 1 amide bonds. The molecule has 0 aliphatic rings. The van der Waals surface area contributed by atoms with Gasteiger partial charge in [0.15, 0.2) is 6.61 Å². The van der Waals surface area contributed by atoms with Gasteiger partial charge in [-0.3, -0.25) is 9.79 Å². The summed E-state index contributed by atoms with van der Waals surface area (Å²) in [6.07, 6.45) is 1.72. The first-order valence-corrected chi connectivity index (χ1v) is 9.49. The number of methoxy groups -OCH3 is 2. The SMILES string of the molecule is COc1ccc(NC(=O)COc2ccc(C=Nc3ccc(OC)c(Cl)c3)cc2)cc1. The summed E-state index contributed by atoms with van der Waals surface area (Å²) in [5.41, 5.74) is 2.28. The predicted octanol–water partition coefficient (Wildman–Crippen LogP) is 5.13. The Morgan fingerprint density at radius 2 is 1.67 bits per heavy atom. The van der Waals surface area contributed by atoms with Gasteiger partial charge >= 0.3 is 0 Å². The van der Waals surface area contributed by atoms with Crippen molar-refractivity contribution in [2.24, 2.45) is 4.99 Å². The number of nitrogens with zero attached hydrogens (tertiary/aromatic N) is 1. The molecule has 1 N–H and O–H groups in total. The highest BCUT2D eigenvalue weighted by molar-refractivity contribution is 6.32. The van der Waals surface area contributed by atoms with Gasteiger partial charge in [-0.15, -0.1) is 0 Å². The van der Waals surface area contributed by atoms with Crippen LogP contribution >= 0.6 is 11.6 Å². The van der Waals surface area contributed by atoms with Crippen molar-refractivity contribution in [2.75, 3.05) is 26.1 Å². The van der Waals surface area contributed by atoms with E-state index in [-0.39, 0.29) is 12.5 Å². The van der Waals surface area contributed by atoms with Gasteiger partial charge < -0.3 is 19.5 Å². The number of amides is 1. The molecule has 0 saturated carbocycles. The highest BCUT2D eigenvalue weighted by atomic mass is 35.5. The second-order valence-corrected chi connectivity index (χ2v) is 6.62. The molecule has 0 spiro atoms. The van der Waals surface area contributed by atoms with E-state index in [4.69, 9.17) is 25.8 Å². The number of halogens is 1. The van der Waals surface area contributed by atoms with Crippen LogP contribution in [0, 0.1) is 0 Å². The number of anilines is 1. The normalized spacial score (nSPS) is 10.6. The minimum absolute atomic E-state index is 0.0934. The van der Waals surface area contributed by atoms with Crippen molar-refractivity contribution in [1.82, 2.24) is 0 Å². The summed E-state index contributed by atoms with van der Waals surface area (Å²) in [6, 6.07) is 19.7. The van der Waals surface area contributed by atoms with Crippen LogP contribution in [0.2, 0.25) is 5.02 Å². The predicted molar refractivity (Wildman–Crippen MR) is 119 cm³/mol. The third-order valence-electron chi connectivity index (χ3n) is 4.12. The molecule has 0 bridgehead atoms. The maximum Gasteiger partial charge on any atom is 0.262 e. The number of rotatable bonds is 8. The van der Waals surface area contributed by atoms with Gasteiger partial charge in [-0.05, 0) is 72.3 Å². The topological polar surface area (TPSA) is 69.2 Å². The molecule has 0 aliphatic heterocycles. The quantitative estimate of drug-likeness (QED) is 0.509. The molecule has 0 aliphatic carbocycles. The fourth-order valence-corrected chi connectivity index (χ4v) is 2.81. The first-order valence-electron chi connectivity index (χ1n) is 9.12. The molecule has 0 fully saturated rings. The van der Waals surface area contributed by atoms with Crippen LogP contribution in [0.1, 0.15) is 5.56 Å². The Bertz CT molecular complexity index is 1020. The van der Waals surface area contributed by atoms with Gasteiger partial charge in [0.1, 0.15) is 17.2 Å². The first kappa shape index (κ1) is 21.2. The van der Waals surface area contributed by atoms with Gasteiger partial charge in [-0.1, -0.05) is 11.6 Å². The molecule has 0 saturated heterocycles. The van der Waals surface area contributed by atoms with E-state index < -0.39 is 0 Å². The second-order valence-electron chi connectivity index (χ2n) is 6.21. The summed E-state index contributed by atoms with van der Waals surface area (Å²) < 4.78 is 15.7. The third kappa shape index (κ3) is 5.99. The van der Waals surface area contributed by atoms with Crippen molar-refractivity contribution < 1.29 is 19.0 Å². The van der Waals surface area contributed by atoms with Crippen molar-refractivity contribution >= 4 is 35.1 Å². The lowest BCUT2D eigenvalue weighted by Crippen LogP contribution is -2.20. The van der Waals surface area contributed by atoms with E-state index in [1.165, 1.54) is 0 Å². The third-order valence-corrected chi connectivity index (χ3v) is 4.42. The van der Waals surface area contributed by atoms with E-state index >= 15 is 0 Å². The zero-order chi connectivity index (χ0) is 21.3. The Morgan fingerprint density at radius 1 is 0.967 bits per heavy atom. The van der Waals surface area contributed by atoms with Crippen molar-refractivity contribution in [2.45, 2.75) is 0 Å². The monoisotopic (exact) mass is 424 g/mol. The molecular weight excluding hydrogens is 404 g/mol. The van der Waals surface area contributed by atoms with Gasteiger partial charge in [0, 0.05) is 11.9 Å². The Kier molecular flexibility index (Phi) is 7.29. The lowest BCUT2D eigenvalue weighted by Gasteiger charge is -2.08.